The number of nitrogens with zero attached hydrogens (tertiary/aromatic N) is 1. The molecule has 0 saturated heterocycles. The van der Waals surface area contributed by atoms with E-state index >= 15 is 0 Å². The molecule has 0 amide bonds. The Morgan fingerprint density at radius 1 is 1.39 bits per heavy atom. The highest BCUT2D eigenvalue weighted by Crippen LogP contribution is 2.07. The minimum absolute atomic E-state index is 0.235. The Hall–Kier alpha value is -2.00. The van der Waals surface area contributed by atoms with Gasteiger partial charge in [-0.1, -0.05) is 0 Å². The van der Waals surface area contributed by atoms with Gasteiger partial charge in [0.2, 0.25) is 10.0 Å². The van der Waals surface area contributed by atoms with Gasteiger partial charge in [-0.05, 0) is 12.1 Å². The lowest BCUT2D eigenvalue weighted by Gasteiger charge is -2.12. The summed E-state index contributed by atoms with van der Waals surface area (Å²) in [7, 11) is -4.11. The van der Waals surface area contributed by atoms with Crippen LogP contribution in [0.3, 0.4) is 0 Å². The van der Waals surface area contributed by atoms with Crippen LogP contribution in [0, 0.1) is 0 Å². The summed E-state index contributed by atoms with van der Waals surface area (Å²) in [6.45, 7) is 0. The van der Waals surface area contributed by atoms with Crippen LogP contribution in [0.25, 0.3) is 0 Å². The third-order valence-corrected chi connectivity index (χ3v) is 3.38. The van der Waals surface area contributed by atoms with Crippen molar-refractivity contribution in [2.24, 2.45) is 0 Å². The van der Waals surface area contributed by atoms with E-state index in [1.807, 2.05) is 0 Å². The molecule has 3 N–H and O–H groups in total. The lowest BCUT2D eigenvalue weighted by Crippen LogP contribution is -2.42. The van der Waals surface area contributed by atoms with Gasteiger partial charge in [0.25, 0.3) is 0 Å². The topological polar surface area (TPSA) is 134 Å². The Labute approximate surface area is 102 Å². The Morgan fingerprint density at radius 3 is 2.50 bits per heavy atom. The highest BCUT2D eigenvalue weighted by molar-refractivity contribution is 7.89. The van der Waals surface area contributed by atoms with Crippen molar-refractivity contribution in [3.63, 3.8) is 0 Å². The number of carbonyl (C=O) groups is 2. The molecule has 0 aromatic carbocycles. The van der Waals surface area contributed by atoms with Crippen LogP contribution in [0.4, 0.5) is 0 Å². The minimum Gasteiger partial charge on any atom is -0.481 e. The number of aliphatic carboxylic acids is 2. The Kier molecular flexibility index (Phi) is 4.34. The SMILES string of the molecule is O=C(O)C[C@H](NS(=O)(=O)c1cccnc1)C(=O)O. The van der Waals surface area contributed by atoms with Crippen molar-refractivity contribution in [3.05, 3.63) is 24.5 Å². The molecule has 0 radical (unpaired) electrons. The van der Waals surface area contributed by atoms with Gasteiger partial charge in [-0.15, -0.1) is 0 Å². The summed E-state index contributed by atoms with van der Waals surface area (Å²) in [5.41, 5.74) is 0. The average molecular weight is 274 g/mol. The number of carboxylic acids is 2. The van der Waals surface area contributed by atoms with Crippen LogP contribution in [-0.4, -0.2) is 41.6 Å². The summed E-state index contributed by atoms with van der Waals surface area (Å²) in [5, 5.41) is 17.2. The van der Waals surface area contributed by atoms with E-state index in [1.165, 1.54) is 18.3 Å². The Balaban J connectivity index is 2.93. The highest BCUT2D eigenvalue weighted by Gasteiger charge is 2.27. The quantitative estimate of drug-likeness (QED) is 0.623. The molecule has 98 valence electrons. The number of pyridine rings is 1. The first-order chi connectivity index (χ1) is 8.33. The molecule has 8 nitrogen and oxygen atoms in total. The third-order valence-electron chi connectivity index (χ3n) is 1.92. The summed E-state index contributed by atoms with van der Waals surface area (Å²) in [4.78, 5) is 24.5. The van der Waals surface area contributed by atoms with Gasteiger partial charge >= 0.3 is 11.9 Å². The monoisotopic (exact) mass is 274 g/mol. The zero-order valence-electron chi connectivity index (χ0n) is 8.98. The summed E-state index contributed by atoms with van der Waals surface area (Å²) in [5.74, 6) is -2.99. The Morgan fingerprint density at radius 2 is 2.06 bits per heavy atom. The second kappa shape index (κ2) is 5.56. The predicted octanol–water partition coefficient (Wildman–Crippen LogP) is -0.712. The van der Waals surface area contributed by atoms with Crippen molar-refractivity contribution in [1.29, 1.82) is 0 Å². The van der Waals surface area contributed by atoms with Gasteiger partial charge in [0.15, 0.2) is 0 Å². The number of sulfonamides is 1. The minimum atomic E-state index is -4.11. The van der Waals surface area contributed by atoms with Gasteiger partial charge in [0, 0.05) is 12.4 Å². The summed E-state index contributed by atoms with van der Waals surface area (Å²) < 4.78 is 25.2. The van der Waals surface area contributed by atoms with Crippen LogP contribution in [0.1, 0.15) is 6.42 Å². The largest absolute Gasteiger partial charge is 0.481 e. The lowest BCUT2D eigenvalue weighted by atomic mass is 10.2. The highest BCUT2D eigenvalue weighted by atomic mass is 32.2. The third kappa shape index (κ3) is 3.79. The maximum atomic E-state index is 11.7. The molecule has 18 heavy (non-hydrogen) atoms. The number of carboxylic acid groups (broad SMARTS) is 2. The van der Waals surface area contributed by atoms with Crippen molar-refractivity contribution in [2.45, 2.75) is 17.4 Å². The van der Waals surface area contributed by atoms with Crippen LogP contribution in [-0.2, 0) is 19.6 Å². The number of hydrogen-bond acceptors (Lipinski definition) is 5. The molecule has 0 saturated carbocycles. The van der Waals surface area contributed by atoms with Crippen LogP contribution >= 0.6 is 0 Å². The van der Waals surface area contributed by atoms with E-state index in [1.54, 1.807) is 4.72 Å². The maximum Gasteiger partial charge on any atom is 0.322 e. The van der Waals surface area contributed by atoms with Gasteiger partial charge in [0.05, 0.1) is 6.42 Å². The molecule has 1 aromatic rings. The van der Waals surface area contributed by atoms with Crippen molar-refractivity contribution in [2.75, 3.05) is 0 Å². The molecule has 0 fully saturated rings. The number of aromatic nitrogens is 1. The first-order valence-corrected chi connectivity index (χ1v) is 6.18. The smallest absolute Gasteiger partial charge is 0.322 e. The normalized spacial score (nSPS) is 12.9. The lowest BCUT2D eigenvalue weighted by molar-refractivity contribution is -0.145. The molecule has 0 aliphatic rings. The summed E-state index contributed by atoms with van der Waals surface area (Å²) >= 11 is 0. The Bertz CT molecular complexity index is 541. The van der Waals surface area contributed by atoms with E-state index in [9.17, 15) is 18.0 Å². The molecule has 1 heterocycles. The molecule has 9 heteroatoms. The van der Waals surface area contributed by atoms with E-state index in [-0.39, 0.29) is 4.90 Å². The van der Waals surface area contributed by atoms with Crippen molar-refractivity contribution in [3.8, 4) is 0 Å². The average Bonchev–Trinajstić information content (AvgIpc) is 2.28. The van der Waals surface area contributed by atoms with E-state index < -0.39 is 34.4 Å². The fourth-order valence-electron chi connectivity index (χ4n) is 1.12. The van der Waals surface area contributed by atoms with Crippen LogP contribution in [0.15, 0.2) is 29.4 Å². The van der Waals surface area contributed by atoms with E-state index in [0.717, 1.165) is 6.20 Å². The summed E-state index contributed by atoms with van der Waals surface area (Å²) in [6.07, 6.45) is 1.53. The molecule has 1 atom stereocenters. The fraction of sp³-hybridized carbons (Fsp3) is 0.222. The molecule has 0 aliphatic carbocycles. The second-order valence-corrected chi connectivity index (χ2v) is 5.01. The summed E-state index contributed by atoms with van der Waals surface area (Å²) in [6, 6.07) is 0.851. The second-order valence-electron chi connectivity index (χ2n) is 3.30. The van der Waals surface area contributed by atoms with Gasteiger partial charge in [-0.2, -0.15) is 4.72 Å². The van der Waals surface area contributed by atoms with E-state index in [0.29, 0.717) is 0 Å². The molecular formula is C9H10N2O6S. The van der Waals surface area contributed by atoms with E-state index in [4.69, 9.17) is 10.2 Å². The van der Waals surface area contributed by atoms with Gasteiger partial charge in [-0.25, -0.2) is 8.42 Å². The maximum absolute atomic E-state index is 11.7. The first kappa shape index (κ1) is 14.1. The predicted molar refractivity (Wildman–Crippen MR) is 58.2 cm³/mol. The standard InChI is InChI=1S/C9H10N2O6S/c12-8(13)4-7(9(14)15)11-18(16,17)6-2-1-3-10-5-6/h1-3,5,7,11H,4H2,(H,12,13)(H,14,15)/t7-/m0/s1. The van der Waals surface area contributed by atoms with Crippen LogP contribution in [0.5, 0.6) is 0 Å². The van der Waals surface area contributed by atoms with Crippen LogP contribution in [0.2, 0.25) is 0 Å². The molecule has 0 unspecified atom stereocenters. The van der Waals surface area contributed by atoms with Crippen molar-refractivity contribution < 1.29 is 28.2 Å². The molecule has 0 aliphatic heterocycles. The zero-order chi connectivity index (χ0) is 13.8. The van der Waals surface area contributed by atoms with E-state index in [2.05, 4.69) is 4.98 Å². The van der Waals surface area contributed by atoms with Crippen LogP contribution < -0.4 is 4.72 Å². The molecule has 0 spiro atoms. The van der Waals surface area contributed by atoms with Crippen molar-refractivity contribution >= 4 is 22.0 Å². The van der Waals surface area contributed by atoms with Gasteiger partial charge < -0.3 is 10.2 Å². The number of nitrogens with one attached hydrogen (secondary N) is 1. The molecular weight excluding hydrogens is 264 g/mol. The zero-order valence-corrected chi connectivity index (χ0v) is 9.79. The van der Waals surface area contributed by atoms with Gasteiger partial charge in [-0.3, -0.25) is 14.6 Å². The molecule has 0 bridgehead atoms. The molecule has 1 aromatic heterocycles. The fourth-order valence-corrected chi connectivity index (χ4v) is 2.27. The van der Waals surface area contributed by atoms with Gasteiger partial charge in [0.1, 0.15) is 10.9 Å². The number of rotatable bonds is 6. The van der Waals surface area contributed by atoms with Crippen molar-refractivity contribution in [1.82, 2.24) is 9.71 Å². The molecule has 1 rings (SSSR count). The first-order valence-electron chi connectivity index (χ1n) is 4.70. The number of hydrogen-bond donors (Lipinski definition) is 3.